The van der Waals surface area contributed by atoms with E-state index in [-0.39, 0.29) is 31.0 Å². The molecule has 1 aromatic carbocycles. The van der Waals surface area contributed by atoms with E-state index >= 15 is 0 Å². The number of fused-ring (bicyclic) bond motifs is 2. The van der Waals surface area contributed by atoms with Gasteiger partial charge < -0.3 is 32.5 Å². The zero-order valence-electron chi connectivity index (χ0n) is 28.1. The lowest BCUT2D eigenvalue weighted by Crippen LogP contribution is -2.47. The minimum absolute atomic E-state index is 0.0427. The van der Waals surface area contributed by atoms with Gasteiger partial charge in [0, 0.05) is 24.4 Å². The number of nitrogens with two attached hydrogens (primary N) is 3. The molecule has 2 amide bonds. The fourth-order valence-electron chi connectivity index (χ4n) is 7.10. The van der Waals surface area contributed by atoms with E-state index in [2.05, 4.69) is 42.9 Å². The molecule has 11 heteroatoms. The van der Waals surface area contributed by atoms with E-state index in [1.54, 1.807) is 18.0 Å². The number of rotatable bonds is 10. The van der Waals surface area contributed by atoms with Crippen LogP contribution in [0.25, 0.3) is 0 Å². The summed E-state index contributed by atoms with van der Waals surface area (Å²) < 4.78 is 0. The zero-order chi connectivity index (χ0) is 34.8. The fourth-order valence-corrected chi connectivity index (χ4v) is 7.10. The predicted octanol–water partition coefficient (Wildman–Crippen LogP) is 3.55. The maximum absolute atomic E-state index is 13.2. The maximum Gasteiger partial charge on any atom is 0.290 e. The van der Waals surface area contributed by atoms with Gasteiger partial charge in [0.15, 0.2) is 0 Å². The number of carbonyl (C=O) groups is 3. The molecule has 11 nitrogen and oxygen atoms in total. The SMILES string of the molecule is C=C(N)/C(C)=C/C1=C(CC)C(CCNCC(=O)N2C(C#N)CC3C(C)C32)(C(N)=NC)c2ccc(C(N)=O)cc2CC1.CC.O=CO. The third-order valence-electron chi connectivity index (χ3n) is 9.40. The van der Waals surface area contributed by atoms with Gasteiger partial charge in [-0.05, 0) is 97.4 Å². The summed E-state index contributed by atoms with van der Waals surface area (Å²) in [6.07, 6.45) is 5.51. The molecule has 1 saturated heterocycles. The number of nitriles is 1. The molecule has 8 N–H and O–H groups in total. The third-order valence-corrected chi connectivity index (χ3v) is 9.40. The topological polar surface area (TPSA) is 201 Å². The molecule has 5 atom stereocenters. The molecule has 5 unspecified atom stereocenters. The molecule has 250 valence electrons. The first-order valence-electron chi connectivity index (χ1n) is 15.9. The molecule has 0 radical (unpaired) electrons. The van der Waals surface area contributed by atoms with Gasteiger partial charge in [-0.15, -0.1) is 0 Å². The van der Waals surface area contributed by atoms with Crippen LogP contribution >= 0.6 is 0 Å². The first kappa shape index (κ1) is 37.8. The Balaban J connectivity index is 0.00000139. The Kier molecular flexibility index (Phi) is 13.8. The quantitative estimate of drug-likeness (QED) is 0.0846. The second kappa shape index (κ2) is 16.8. The van der Waals surface area contributed by atoms with Gasteiger partial charge in [-0.1, -0.05) is 46.4 Å². The van der Waals surface area contributed by atoms with E-state index in [4.69, 9.17) is 27.1 Å². The maximum atomic E-state index is 13.2. The summed E-state index contributed by atoms with van der Waals surface area (Å²) in [6, 6.07) is 7.71. The van der Waals surface area contributed by atoms with Crippen LogP contribution in [0.4, 0.5) is 0 Å². The number of hydrogen-bond donors (Lipinski definition) is 5. The number of nitrogens with one attached hydrogen (secondary N) is 1. The van der Waals surface area contributed by atoms with E-state index in [0.717, 1.165) is 40.7 Å². The number of primary amides is 1. The highest BCUT2D eigenvalue weighted by molar-refractivity contribution is 5.97. The third kappa shape index (κ3) is 7.68. The van der Waals surface area contributed by atoms with Crippen LogP contribution in [0.15, 0.2) is 58.3 Å². The number of hydrogen-bond acceptors (Lipinski definition) is 7. The summed E-state index contributed by atoms with van der Waals surface area (Å²) in [5, 5.41) is 19.8. The number of carboxylic acid groups (broad SMARTS) is 1. The predicted molar refractivity (Wildman–Crippen MR) is 182 cm³/mol. The van der Waals surface area contributed by atoms with Gasteiger partial charge in [-0.3, -0.25) is 19.4 Å². The Hall–Kier alpha value is -4.43. The van der Waals surface area contributed by atoms with E-state index in [9.17, 15) is 14.9 Å². The van der Waals surface area contributed by atoms with Crippen LogP contribution < -0.4 is 22.5 Å². The van der Waals surface area contributed by atoms with Crippen molar-refractivity contribution in [3.63, 3.8) is 0 Å². The van der Waals surface area contributed by atoms with Crippen molar-refractivity contribution < 1.29 is 19.5 Å². The Morgan fingerprint density at radius 1 is 1.26 bits per heavy atom. The number of benzene rings is 1. The lowest BCUT2D eigenvalue weighted by Gasteiger charge is -2.38. The summed E-state index contributed by atoms with van der Waals surface area (Å²) >= 11 is 0. The standard InChI is InChI=1S/C32H43N7O2.C2H6.CH2O2/c1-6-26-21(13-18(2)20(4)34)7-8-22-14-23(30(35)41)9-10-27(22)32(26,31(36)37-5)11-12-38-17-28(40)39-24(16-33)15-25-19(3)29(25)39;1-2;2-1-3/h9-10,13-14,19,24-25,29,38H,4,6-8,11-12,15,17,34H2,1-3,5H3,(H2,35,41)(H2,36,37);1-2H3;1H,(H,2,3)/b18-13+;;. The van der Waals surface area contributed by atoms with Crippen molar-refractivity contribution in [2.24, 2.45) is 34.0 Å². The summed E-state index contributed by atoms with van der Waals surface area (Å²) in [6.45, 7) is 14.5. The minimum atomic E-state index is -0.775. The van der Waals surface area contributed by atoms with Crippen LogP contribution in [-0.4, -0.2) is 66.3 Å². The van der Waals surface area contributed by atoms with Gasteiger partial charge >= 0.3 is 0 Å². The van der Waals surface area contributed by atoms with Gasteiger partial charge in [-0.2, -0.15) is 5.26 Å². The molecule has 0 spiro atoms. The van der Waals surface area contributed by atoms with Gasteiger partial charge in [0.1, 0.15) is 11.9 Å². The monoisotopic (exact) mass is 633 g/mol. The van der Waals surface area contributed by atoms with Crippen LogP contribution in [-0.2, 0) is 21.4 Å². The van der Waals surface area contributed by atoms with Crippen molar-refractivity contribution >= 4 is 24.1 Å². The van der Waals surface area contributed by atoms with Gasteiger partial charge in [0.05, 0.1) is 18.0 Å². The average molecular weight is 634 g/mol. The van der Waals surface area contributed by atoms with Gasteiger partial charge in [0.2, 0.25) is 11.8 Å². The lowest BCUT2D eigenvalue weighted by molar-refractivity contribution is -0.131. The summed E-state index contributed by atoms with van der Waals surface area (Å²) in [5.41, 5.74) is 23.8. The first-order chi connectivity index (χ1) is 21.9. The number of nitrogens with zero attached hydrogens (tertiary/aromatic N) is 3. The average Bonchev–Trinajstić information content (AvgIpc) is 3.52. The Bertz CT molecular complexity index is 1440. The number of piperidine rings is 1. The number of aliphatic imine (C=N–C) groups is 1. The van der Waals surface area contributed by atoms with E-state index < -0.39 is 11.3 Å². The second-order valence-corrected chi connectivity index (χ2v) is 11.7. The summed E-state index contributed by atoms with van der Waals surface area (Å²) in [7, 11) is 1.69. The molecule has 4 rings (SSSR count). The molecule has 3 aliphatic rings. The zero-order valence-corrected chi connectivity index (χ0v) is 28.1. The molecule has 2 fully saturated rings. The number of allylic oxidation sites excluding steroid dienone is 3. The Labute approximate surface area is 273 Å². The first-order valence-corrected chi connectivity index (χ1v) is 15.9. The largest absolute Gasteiger partial charge is 0.483 e. The van der Waals surface area contributed by atoms with Crippen LogP contribution in [0.5, 0.6) is 0 Å². The van der Waals surface area contributed by atoms with Gasteiger partial charge in [-0.25, -0.2) is 0 Å². The summed E-state index contributed by atoms with van der Waals surface area (Å²) in [5.74, 6) is 0.836. The highest BCUT2D eigenvalue weighted by atomic mass is 16.3. The molecule has 1 aromatic rings. The molecular formula is C35H51N7O4. The highest BCUT2D eigenvalue weighted by Crippen LogP contribution is 2.53. The summed E-state index contributed by atoms with van der Waals surface area (Å²) in [4.78, 5) is 39.9. The molecule has 0 bridgehead atoms. The fraction of sp³-hybridized carbons (Fsp3) is 0.514. The number of likely N-dealkylation sites (tertiary alicyclic amines) is 1. The molecule has 1 saturated carbocycles. The van der Waals surface area contributed by atoms with Crippen LogP contribution in [0, 0.1) is 23.2 Å². The number of amidine groups is 1. The van der Waals surface area contributed by atoms with E-state index in [1.165, 1.54) is 0 Å². The van der Waals surface area contributed by atoms with Crippen LogP contribution in [0.1, 0.15) is 81.8 Å². The normalized spacial score (nSPS) is 24.9. The number of amides is 2. The van der Waals surface area contributed by atoms with Crippen LogP contribution in [0.2, 0.25) is 0 Å². The molecule has 1 heterocycles. The second-order valence-electron chi connectivity index (χ2n) is 11.7. The molecule has 46 heavy (non-hydrogen) atoms. The minimum Gasteiger partial charge on any atom is -0.483 e. The molecule has 0 aromatic heterocycles. The number of carbonyl (C=O) groups excluding carboxylic acids is 2. The van der Waals surface area contributed by atoms with Crippen molar-refractivity contribution in [3.8, 4) is 6.07 Å². The van der Waals surface area contributed by atoms with Gasteiger partial charge in [0.25, 0.3) is 6.47 Å². The molecule has 1 aliphatic heterocycles. The Morgan fingerprint density at radius 3 is 2.46 bits per heavy atom. The van der Waals surface area contributed by atoms with Crippen molar-refractivity contribution in [1.82, 2.24) is 10.2 Å². The van der Waals surface area contributed by atoms with Crippen LogP contribution in [0.3, 0.4) is 0 Å². The molecule has 2 aliphatic carbocycles. The Morgan fingerprint density at radius 2 is 1.91 bits per heavy atom. The van der Waals surface area contributed by atoms with Crippen molar-refractivity contribution in [2.45, 2.75) is 84.2 Å². The van der Waals surface area contributed by atoms with Crippen molar-refractivity contribution in [1.29, 1.82) is 5.26 Å². The van der Waals surface area contributed by atoms with Crippen molar-refractivity contribution in [3.05, 3.63) is 70.0 Å². The lowest BCUT2D eigenvalue weighted by atomic mass is 9.67. The highest BCUT2D eigenvalue weighted by Gasteiger charge is 2.60. The molecular weight excluding hydrogens is 582 g/mol. The number of aryl methyl sites for hydroxylation is 1. The smallest absolute Gasteiger partial charge is 0.290 e. The van der Waals surface area contributed by atoms with Crippen molar-refractivity contribution in [2.75, 3.05) is 20.1 Å². The van der Waals surface area contributed by atoms with E-state index in [1.807, 2.05) is 32.9 Å². The van der Waals surface area contributed by atoms with E-state index in [0.29, 0.717) is 54.7 Å².